The number of hydrogen-bond donors (Lipinski definition) is 0. The number of ether oxygens (including phenoxy) is 4. The zero-order valence-electron chi connectivity index (χ0n) is 16.1. The Bertz CT molecular complexity index is 836. The van der Waals surface area contributed by atoms with Gasteiger partial charge < -0.3 is 18.9 Å². The summed E-state index contributed by atoms with van der Waals surface area (Å²) in [5, 5.41) is 0. The average molecular weight is 364 g/mol. The van der Waals surface area contributed by atoms with Crippen molar-refractivity contribution in [2.75, 3.05) is 28.4 Å². The zero-order valence-corrected chi connectivity index (χ0v) is 16.1. The van der Waals surface area contributed by atoms with Gasteiger partial charge in [0.1, 0.15) is 5.60 Å². The molecule has 140 valence electrons. The molecule has 0 aromatic heterocycles. The highest BCUT2D eigenvalue weighted by Crippen LogP contribution is 2.49. The van der Waals surface area contributed by atoms with Crippen molar-refractivity contribution in [2.45, 2.75) is 5.60 Å². The fourth-order valence-electron chi connectivity index (χ4n) is 3.55. The lowest BCUT2D eigenvalue weighted by Gasteiger charge is -2.35. The summed E-state index contributed by atoms with van der Waals surface area (Å²) in [5.41, 5.74) is 1.95. The number of rotatable bonds is 7. The molecular formula is C23H24O4. The number of methoxy groups -OCH3 is 4. The molecule has 0 aliphatic carbocycles. The maximum absolute atomic E-state index is 6.24. The van der Waals surface area contributed by atoms with E-state index in [9.17, 15) is 0 Å². The zero-order chi connectivity index (χ0) is 19.3. The van der Waals surface area contributed by atoms with E-state index in [0.29, 0.717) is 17.2 Å². The minimum atomic E-state index is -0.868. The van der Waals surface area contributed by atoms with Crippen LogP contribution < -0.4 is 14.2 Å². The summed E-state index contributed by atoms with van der Waals surface area (Å²) in [6.07, 6.45) is 0. The van der Waals surface area contributed by atoms with E-state index in [2.05, 4.69) is 0 Å². The summed E-state index contributed by atoms with van der Waals surface area (Å²) >= 11 is 0. The third kappa shape index (κ3) is 3.13. The third-order valence-electron chi connectivity index (χ3n) is 4.75. The topological polar surface area (TPSA) is 36.9 Å². The monoisotopic (exact) mass is 364 g/mol. The Morgan fingerprint density at radius 1 is 0.556 bits per heavy atom. The molecular weight excluding hydrogens is 340 g/mol. The van der Waals surface area contributed by atoms with Crippen LogP contribution in [-0.2, 0) is 10.3 Å². The molecule has 3 aromatic carbocycles. The largest absolute Gasteiger partial charge is 0.493 e. The van der Waals surface area contributed by atoms with Gasteiger partial charge in [-0.15, -0.1) is 0 Å². The molecule has 4 nitrogen and oxygen atoms in total. The molecule has 3 rings (SSSR count). The van der Waals surface area contributed by atoms with Crippen LogP contribution in [0.5, 0.6) is 17.2 Å². The molecule has 0 spiro atoms. The van der Waals surface area contributed by atoms with Gasteiger partial charge in [0.25, 0.3) is 0 Å². The van der Waals surface area contributed by atoms with Crippen molar-refractivity contribution >= 4 is 0 Å². The molecule has 0 fully saturated rings. The first-order chi connectivity index (χ1) is 13.2. The second kappa shape index (κ2) is 8.14. The SMILES string of the molecule is COc1ccc(C(OC)(c2ccccc2)c2ccccc2)c(OC)c1OC. The van der Waals surface area contributed by atoms with Crippen LogP contribution in [-0.4, -0.2) is 28.4 Å². The van der Waals surface area contributed by atoms with E-state index in [1.807, 2.05) is 72.8 Å². The third-order valence-corrected chi connectivity index (χ3v) is 4.75. The van der Waals surface area contributed by atoms with Crippen molar-refractivity contribution in [2.24, 2.45) is 0 Å². The molecule has 0 unspecified atom stereocenters. The Balaban J connectivity index is 2.39. The van der Waals surface area contributed by atoms with Gasteiger partial charge in [0, 0.05) is 12.7 Å². The number of hydrogen-bond acceptors (Lipinski definition) is 4. The first-order valence-electron chi connectivity index (χ1n) is 8.68. The van der Waals surface area contributed by atoms with Crippen molar-refractivity contribution < 1.29 is 18.9 Å². The Morgan fingerprint density at radius 3 is 1.48 bits per heavy atom. The minimum Gasteiger partial charge on any atom is -0.493 e. The molecule has 0 saturated heterocycles. The summed E-state index contributed by atoms with van der Waals surface area (Å²) in [7, 11) is 6.53. The first-order valence-corrected chi connectivity index (χ1v) is 8.68. The molecule has 0 amide bonds. The normalized spacial score (nSPS) is 11.1. The van der Waals surface area contributed by atoms with E-state index in [0.717, 1.165) is 16.7 Å². The Kier molecular flexibility index (Phi) is 5.67. The second-order valence-electron chi connectivity index (χ2n) is 6.00. The van der Waals surface area contributed by atoms with Crippen LogP contribution in [0.25, 0.3) is 0 Å². The molecule has 4 heteroatoms. The average Bonchev–Trinajstić information content (AvgIpc) is 2.75. The van der Waals surface area contributed by atoms with E-state index in [4.69, 9.17) is 18.9 Å². The predicted octanol–water partition coefficient (Wildman–Crippen LogP) is 4.65. The molecule has 0 bridgehead atoms. The maximum Gasteiger partial charge on any atom is 0.203 e. The summed E-state index contributed by atoms with van der Waals surface area (Å²) < 4.78 is 23.1. The van der Waals surface area contributed by atoms with Gasteiger partial charge in [-0.25, -0.2) is 0 Å². The molecule has 0 atom stereocenters. The van der Waals surface area contributed by atoms with Gasteiger partial charge in [-0.05, 0) is 23.3 Å². The van der Waals surface area contributed by atoms with Crippen LogP contribution in [0.15, 0.2) is 72.8 Å². The summed E-state index contributed by atoms with van der Waals surface area (Å²) in [4.78, 5) is 0. The van der Waals surface area contributed by atoms with Gasteiger partial charge in [-0.3, -0.25) is 0 Å². The molecule has 0 aliphatic rings. The lowest BCUT2D eigenvalue weighted by Crippen LogP contribution is -2.32. The molecule has 0 radical (unpaired) electrons. The molecule has 0 saturated carbocycles. The van der Waals surface area contributed by atoms with Crippen LogP contribution in [0.1, 0.15) is 16.7 Å². The van der Waals surface area contributed by atoms with Crippen LogP contribution in [0.2, 0.25) is 0 Å². The van der Waals surface area contributed by atoms with Crippen molar-refractivity contribution in [3.8, 4) is 17.2 Å². The number of benzene rings is 3. The van der Waals surface area contributed by atoms with Crippen LogP contribution in [0.4, 0.5) is 0 Å². The Labute approximate surface area is 160 Å². The molecule has 27 heavy (non-hydrogen) atoms. The molecule has 3 aromatic rings. The predicted molar refractivity (Wildman–Crippen MR) is 106 cm³/mol. The van der Waals surface area contributed by atoms with E-state index < -0.39 is 5.60 Å². The van der Waals surface area contributed by atoms with Crippen LogP contribution >= 0.6 is 0 Å². The molecule has 0 heterocycles. The van der Waals surface area contributed by atoms with Gasteiger partial charge in [0.2, 0.25) is 5.75 Å². The quantitative estimate of drug-likeness (QED) is 0.572. The standard InChI is InChI=1S/C23H24O4/c1-24-20-16-15-19(21(25-2)22(20)26-3)23(27-4,17-11-7-5-8-12-17)18-13-9-6-10-14-18/h5-16H,1-4H3. The molecule has 0 aliphatic heterocycles. The lowest BCUT2D eigenvalue weighted by molar-refractivity contribution is 0.0559. The van der Waals surface area contributed by atoms with Crippen molar-refractivity contribution in [1.82, 2.24) is 0 Å². The van der Waals surface area contributed by atoms with Gasteiger partial charge in [-0.2, -0.15) is 0 Å². The smallest absolute Gasteiger partial charge is 0.203 e. The minimum absolute atomic E-state index is 0.533. The lowest BCUT2D eigenvalue weighted by atomic mass is 9.79. The Morgan fingerprint density at radius 2 is 1.07 bits per heavy atom. The van der Waals surface area contributed by atoms with Crippen molar-refractivity contribution in [3.05, 3.63) is 89.5 Å². The summed E-state index contributed by atoms with van der Waals surface area (Å²) in [5.74, 6) is 1.71. The highest BCUT2D eigenvalue weighted by Gasteiger charge is 2.40. The van der Waals surface area contributed by atoms with Gasteiger partial charge in [0.05, 0.1) is 21.3 Å². The summed E-state index contributed by atoms with van der Waals surface area (Å²) in [6, 6.07) is 24.0. The van der Waals surface area contributed by atoms with E-state index in [1.165, 1.54) is 0 Å². The van der Waals surface area contributed by atoms with Crippen LogP contribution in [0, 0.1) is 0 Å². The molecule has 0 N–H and O–H groups in total. The van der Waals surface area contributed by atoms with E-state index >= 15 is 0 Å². The van der Waals surface area contributed by atoms with Crippen molar-refractivity contribution in [3.63, 3.8) is 0 Å². The highest BCUT2D eigenvalue weighted by atomic mass is 16.5. The Hall–Kier alpha value is -2.98. The van der Waals surface area contributed by atoms with Crippen molar-refractivity contribution in [1.29, 1.82) is 0 Å². The fraction of sp³-hybridized carbons (Fsp3) is 0.217. The second-order valence-corrected chi connectivity index (χ2v) is 6.00. The maximum atomic E-state index is 6.24. The summed E-state index contributed by atoms with van der Waals surface area (Å²) in [6.45, 7) is 0. The fourth-order valence-corrected chi connectivity index (χ4v) is 3.55. The van der Waals surface area contributed by atoms with E-state index in [-0.39, 0.29) is 0 Å². The van der Waals surface area contributed by atoms with E-state index in [1.54, 1.807) is 28.4 Å². The highest BCUT2D eigenvalue weighted by molar-refractivity contribution is 5.62. The van der Waals surface area contributed by atoms with Gasteiger partial charge in [0.15, 0.2) is 11.5 Å². The first kappa shape index (κ1) is 18.8. The van der Waals surface area contributed by atoms with Crippen LogP contribution in [0.3, 0.4) is 0 Å². The van der Waals surface area contributed by atoms with Gasteiger partial charge >= 0.3 is 0 Å². The van der Waals surface area contributed by atoms with Gasteiger partial charge in [-0.1, -0.05) is 60.7 Å².